The lowest BCUT2D eigenvalue weighted by Crippen LogP contribution is -2.08. The fraction of sp³-hybridized carbons (Fsp3) is 0.214. The van der Waals surface area contributed by atoms with Gasteiger partial charge < -0.3 is 14.2 Å². The molecule has 0 N–H and O–H groups in total. The second-order valence-corrected chi connectivity index (χ2v) is 7.72. The zero-order valence-corrected chi connectivity index (χ0v) is 19.8. The summed E-state index contributed by atoms with van der Waals surface area (Å²) in [5.41, 5.74) is 1.58. The van der Waals surface area contributed by atoms with Gasteiger partial charge in [-0.2, -0.15) is 10.2 Å². The molecule has 3 aromatic rings. The van der Waals surface area contributed by atoms with Crippen LogP contribution >= 0.6 is 0 Å². The van der Waals surface area contributed by atoms with Gasteiger partial charge in [0.2, 0.25) is 0 Å². The van der Waals surface area contributed by atoms with Crippen LogP contribution in [-0.4, -0.2) is 25.2 Å². The average Bonchev–Trinajstić information content (AvgIpc) is 2.91. The second kappa shape index (κ2) is 14.2. The minimum Gasteiger partial charge on any atom is -0.494 e. The standard InChI is InChI=1S/C28H27FN2O5/c1-2-27(32)35-20-6-4-3-5-19-34-25-17-13-24(14-18-25)31-30-23-11-7-21(8-12-23)28(33)36-26-15-9-22(29)10-16-26/h2,7-18H,1,3-6,19-20H2. The Morgan fingerprint density at radius 2 is 1.31 bits per heavy atom. The number of carbonyl (C=O) groups excluding carboxylic acids is 2. The number of unbranched alkanes of at least 4 members (excludes halogenated alkanes) is 3. The highest BCUT2D eigenvalue weighted by molar-refractivity contribution is 5.91. The first kappa shape index (κ1) is 26.3. The predicted octanol–water partition coefficient (Wildman–Crippen LogP) is 7.13. The topological polar surface area (TPSA) is 86.5 Å². The van der Waals surface area contributed by atoms with Gasteiger partial charge in [-0.15, -0.1) is 0 Å². The molecule has 0 saturated heterocycles. The molecular formula is C28H27FN2O5. The first-order valence-corrected chi connectivity index (χ1v) is 11.5. The Labute approximate surface area is 209 Å². The molecule has 186 valence electrons. The number of carbonyl (C=O) groups is 2. The average molecular weight is 491 g/mol. The van der Waals surface area contributed by atoms with Gasteiger partial charge >= 0.3 is 11.9 Å². The Balaban J connectivity index is 1.38. The lowest BCUT2D eigenvalue weighted by Gasteiger charge is -2.06. The molecule has 0 aliphatic heterocycles. The molecule has 7 nitrogen and oxygen atoms in total. The number of nitrogens with zero attached hydrogens (tertiary/aromatic N) is 2. The van der Waals surface area contributed by atoms with Gasteiger partial charge in [-0.1, -0.05) is 6.58 Å². The van der Waals surface area contributed by atoms with E-state index in [0.29, 0.717) is 30.2 Å². The van der Waals surface area contributed by atoms with E-state index in [1.165, 1.54) is 24.3 Å². The Morgan fingerprint density at radius 3 is 1.92 bits per heavy atom. The quantitative estimate of drug-likeness (QED) is 0.0836. The molecule has 0 unspecified atom stereocenters. The van der Waals surface area contributed by atoms with E-state index in [9.17, 15) is 14.0 Å². The summed E-state index contributed by atoms with van der Waals surface area (Å²) >= 11 is 0. The van der Waals surface area contributed by atoms with Gasteiger partial charge in [0.1, 0.15) is 17.3 Å². The van der Waals surface area contributed by atoms with Crippen molar-refractivity contribution in [3.8, 4) is 11.5 Å². The van der Waals surface area contributed by atoms with Gasteiger partial charge in [0, 0.05) is 6.08 Å². The van der Waals surface area contributed by atoms with E-state index in [0.717, 1.165) is 37.5 Å². The third-order valence-corrected chi connectivity index (χ3v) is 4.96. The number of benzene rings is 3. The number of esters is 2. The van der Waals surface area contributed by atoms with Crippen molar-refractivity contribution in [2.45, 2.75) is 25.7 Å². The van der Waals surface area contributed by atoms with Crippen molar-refractivity contribution in [2.75, 3.05) is 13.2 Å². The van der Waals surface area contributed by atoms with Gasteiger partial charge in [-0.05, 0) is 98.5 Å². The summed E-state index contributed by atoms with van der Waals surface area (Å²) in [5, 5.41) is 8.38. The Bertz CT molecular complexity index is 1160. The van der Waals surface area contributed by atoms with Crippen molar-refractivity contribution in [1.29, 1.82) is 0 Å². The molecule has 0 atom stereocenters. The number of hydrogen-bond acceptors (Lipinski definition) is 7. The van der Waals surface area contributed by atoms with Crippen LogP contribution in [0.25, 0.3) is 0 Å². The van der Waals surface area contributed by atoms with Crippen LogP contribution in [0, 0.1) is 5.82 Å². The van der Waals surface area contributed by atoms with Crippen molar-refractivity contribution in [1.82, 2.24) is 0 Å². The van der Waals surface area contributed by atoms with Crippen LogP contribution in [0.2, 0.25) is 0 Å². The number of halogens is 1. The van der Waals surface area contributed by atoms with Gasteiger partial charge in [0.25, 0.3) is 0 Å². The molecule has 3 aromatic carbocycles. The predicted molar refractivity (Wildman–Crippen MR) is 134 cm³/mol. The Morgan fingerprint density at radius 1 is 0.750 bits per heavy atom. The fourth-order valence-electron chi connectivity index (χ4n) is 3.04. The van der Waals surface area contributed by atoms with E-state index in [1.807, 2.05) is 12.1 Å². The molecule has 36 heavy (non-hydrogen) atoms. The van der Waals surface area contributed by atoms with Crippen LogP contribution in [0.15, 0.2) is 95.7 Å². The van der Waals surface area contributed by atoms with Gasteiger partial charge in [-0.3, -0.25) is 0 Å². The van der Waals surface area contributed by atoms with Crippen molar-refractivity contribution >= 4 is 23.3 Å². The molecule has 0 aliphatic carbocycles. The molecule has 0 fully saturated rings. The molecule has 0 heterocycles. The Kier molecular flexibility index (Phi) is 10.3. The molecule has 0 aliphatic rings. The summed E-state index contributed by atoms with van der Waals surface area (Å²) < 4.78 is 28.8. The molecule has 3 rings (SSSR count). The number of azo groups is 1. The minimum atomic E-state index is -0.547. The van der Waals surface area contributed by atoms with Gasteiger partial charge in [0.05, 0.1) is 30.2 Å². The van der Waals surface area contributed by atoms with E-state index < -0.39 is 11.8 Å². The van der Waals surface area contributed by atoms with E-state index >= 15 is 0 Å². The summed E-state index contributed by atoms with van der Waals surface area (Å²) in [6, 6.07) is 19.0. The molecule has 8 heteroatoms. The van der Waals surface area contributed by atoms with Crippen molar-refractivity contribution in [2.24, 2.45) is 10.2 Å². The lowest BCUT2D eigenvalue weighted by atomic mass is 10.2. The molecule has 0 spiro atoms. The third-order valence-electron chi connectivity index (χ3n) is 4.96. The van der Waals surface area contributed by atoms with Gasteiger partial charge in [-0.25, -0.2) is 14.0 Å². The SMILES string of the molecule is C=CC(=O)OCCCCCCOc1ccc(N=Nc2ccc(C(=O)Oc3ccc(F)cc3)cc2)cc1. The van der Waals surface area contributed by atoms with Crippen LogP contribution in [0.1, 0.15) is 36.0 Å². The molecule has 0 radical (unpaired) electrons. The van der Waals surface area contributed by atoms with Crippen molar-refractivity contribution in [3.05, 3.63) is 96.8 Å². The summed E-state index contributed by atoms with van der Waals surface area (Å²) in [7, 11) is 0. The summed E-state index contributed by atoms with van der Waals surface area (Å²) in [5.74, 6) is -0.324. The highest BCUT2D eigenvalue weighted by Crippen LogP contribution is 2.22. The van der Waals surface area contributed by atoms with Gasteiger partial charge in [0.15, 0.2) is 0 Å². The molecular weight excluding hydrogens is 463 g/mol. The summed E-state index contributed by atoms with van der Waals surface area (Å²) in [6.07, 6.45) is 4.84. The minimum absolute atomic E-state index is 0.265. The zero-order chi connectivity index (χ0) is 25.6. The Hall–Kier alpha value is -4.33. The summed E-state index contributed by atoms with van der Waals surface area (Å²) in [4.78, 5) is 23.1. The van der Waals surface area contributed by atoms with Crippen LogP contribution in [-0.2, 0) is 9.53 Å². The molecule has 0 bridgehead atoms. The maximum Gasteiger partial charge on any atom is 0.343 e. The molecule has 0 amide bonds. The van der Waals surface area contributed by atoms with E-state index in [4.69, 9.17) is 14.2 Å². The van der Waals surface area contributed by atoms with Crippen LogP contribution < -0.4 is 9.47 Å². The largest absolute Gasteiger partial charge is 0.494 e. The first-order chi connectivity index (χ1) is 17.5. The smallest absolute Gasteiger partial charge is 0.343 e. The lowest BCUT2D eigenvalue weighted by molar-refractivity contribution is -0.137. The van der Waals surface area contributed by atoms with Crippen LogP contribution in [0.4, 0.5) is 15.8 Å². The maximum absolute atomic E-state index is 13.0. The highest BCUT2D eigenvalue weighted by Gasteiger charge is 2.08. The first-order valence-electron chi connectivity index (χ1n) is 11.5. The normalized spacial score (nSPS) is 10.7. The zero-order valence-electron chi connectivity index (χ0n) is 19.8. The number of hydrogen-bond donors (Lipinski definition) is 0. The second-order valence-electron chi connectivity index (χ2n) is 7.72. The number of rotatable bonds is 13. The van der Waals surface area contributed by atoms with Crippen LogP contribution in [0.5, 0.6) is 11.5 Å². The number of ether oxygens (including phenoxy) is 3. The molecule has 0 saturated carbocycles. The van der Waals surface area contributed by atoms with E-state index in [1.54, 1.807) is 36.4 Å². The highest BCUT2D eigenvalue weighted by atomic mass is 19.1. The third kappa shape index (κ3) is 9.13. The summed E-state index contributed by atoms with van der Waals surface area (Å²) in [6.45, 7) is 4.37. The van der Waals surface area contributed by atoms with E-state index in [2.05, 4.69) is 16.8 Å². The fourth-order valence-corrected chi connectivity index (χ4v) is 3.04. The van der Waals surface area contributed by atoms with Crippen molar-refractivity contribution in [3.63, 3.8) is 0 Å². The maximum atomic E-state index is 13.0. The van der Waals surface area contributed by atoms with E-state index in [-0.39, 0.29) is 11.7 Å². The monoisotopic (exact) mass is 490 g/mol. The van der Waals surface area contributed by atoms with Crippen LogP contribution in [0.3, 0.4) is 0 Å². The van der Waals surface area contributed by atoms with Crippen molar-refractivity contribution < 1.29 is 28.2 Å². The molecule has 0 aromatic heterocycles.